The van der Waals surface area contributed by atoms with Crippen LogP contribution in [-0.2, 0) is 0 Å². The summed E-state index contributed by atoms with van der Waals surface area (Å²) in [5.41, 5.74) is 2.30. The second-order valence-electron chi connectivity index (χ2n) is 3.02. The van der Waals surface area contributed by atoms with Crippen LogP contribution in [0.1, 0.15) is 11.3 Å². The SMILES string of the molecule is Cc1cc(-c2cccc(C#N)c2)no1. The largest absolute Gasteiger partial charge is 0.361 e. The van der Waals surface area contributed by atoms with Gasteiger partial charge in [0.05, 0.1) is 11.6 Å². The fourth-order valence-corrected chi connectivity index (χ4v) is 1.25. The third-order valence-electron chi connectivity index (χ3n) is 1.92. The molecule has 2 rings (SSSR count). The molecule has 2 aromatic rings. The Bertz CT molecular complexity index is 494. The first-order valence-corrected chi connectivity index (χ1v) is 4.23. The lowest BCUT2D eigenvalue weighted by atomic mass is 10.1. The lowest BCUT2D eigenvalue weighted by molar-refractivity contribution is 0.399. The summed E-state index contributed by atoms with van der Waals surface area (Å²) in [5, 5.41) is 12.6. The summed E-state index contributed by atoms with van der Waals surface area (Å²) in [5.74, 6) is 0.766. The molecule has 0 amide bonds. The zero-order valence-electron chi connectivity index (χ0n) is 7.69. The molecule has 0 aliphatic heterocycles. The average molecular weight is 184 g/mol. The number of aromatic nitrogens is 1. The highest BCUT2D eigenvalue weighted by Gasteiger charge is 2.03. The van der Waals surface area contributed by atoms with Crippen molar-refractivity contribution in [2.24, 2.45) is 0 Å². The van der Waals surface area contributed by atoms with Gasteiger partial charge in [-0.15, -0.1) is 0 Å². The van der Waals surface area contributed by atoms with E-state index in [9.17, 15) is 0 Å². The van der Waals surface area contributed by atoms with Crippen LogP contribution in [-0.4, -0.2) is 5.16 Å². The number of nitriles is 1. The van der Waals surface area contributed by atoms with Gasteiger partial charge < -0.3 is 4.52 Å². The topological polar surface area (TPSA) is 49.8 Å². The van der Waals surface area contributed by atoms with Crippen molar-refractivity contribution in [1.29, 1.82) is 5.26 Å². The molecule has 68 valence electrons. The summed E-state index contributed by atoms with van der Waals surface area (Å²) in [4.78, 5) is 0. The monoisotopic (exact) mass is 184 g/mol. The molecule has 0 N–H and O–H groups in total. The van der Waals surface area contributed by atoms with E-state index in [2.05, 4.69) is 11.2 Å². The van der Waals surface area contributed by atoms with Crippen molar-refractivity contribution in [3.63, 3.8) is 0 Å². The van der Waals surface area contributed by atoms with Gasteiger partial charge in [0.1, 0.15) is 11.5 Å². The summed E-state index contributed by atoms with van der Waals surface area (Å²) >= 11 is 0. The Morgan fingerprint density at radius 2 is 2.21 bits per heavy atom. The van der Waals surface area contributed by atoms with E-state index in [1.807, 2.05) is 25.1 Å². The summed E-state index contributed by atoms with van der Waals surface area (Å²) < 4.78 is 4.96. The van der Waals surface area contributed by atoms with E-state index in [0.717, 1.165) is 17.0 Å². The molecular formula is C11H8N2O. The van der Waals surface area contributed by atoms with Gasteiger partial charge in [0.15, 0.2) is 0 Å². The third kappa shape index (κ3) is 1.50. The van der Waals surface area contributed by atoms with Crippen LogP contribution in [0.15, 0.2) is 34.9 Å². The average Bonchev–Trinajstić information content (AvgIpc) is 2.65. The number of nitrogens with zero attached hydrogens (tertiary/aromatic N) is 2. The number of hydrogen-bond donors (Lipinski definition) is 0. The van der Waals surface area contributed by atoms with Gasteiger partial charge in [0.2, 0.25) is 0 Å². The molecule has 3 heteroatoms. The molecule has 3 nitrogen and oxygen atoms in total. The molecule has 0 atom stereocenters. The molecular weight excluding hydrogens is 176 g/mol. The maximum atomic E-state index is 8.72. The lowest BCUT2D eigenvalue weighted by Crippen LogP contribution is -1.78. The third-order valence-corrected chi connectivity index (χ3v) is 1.92. The van der Waals surface area contributed by atoms with Crippen LogP contribution >= 0.6 is 0 Å². The Hall–Kier alpha value is -2.08. The van der Waals surface area contributed by atoms with Crippen LogP contribution < -0.4 is 0 Å². The number of hydrogen-bond acceptors (Lipinski definition) is 3. The molecule has 1 heterocycles. The molecule has 1 aromatic heterocycles. The summed E-state index contributed by atoms with van der Waals surface area (Å²) in [6.07, 6.45) is 0. The van der Waals surface area contributed by atoms with Gasteiger partial charge in [-0.05, 0) is 19.1 Å². The van der Waals surface area contributed by atoms with Crippen LogP contribution in [0.5, 0.6) is 0 Å². The lowest BCUT2D eigenvalue weighted by Gasteiger charge is -1.94. The molecule has 0 radical (unpaired) electrons. The number of rotatable bonds is 1. The Labute approximate surface area is 81.6 Å². The smallest absolute Gasteiger partial charge is 0.134 e. The number of aryl methyl sites for hydroxylation is 1. The highest BCUT2D eigenvalue weighted by molar-refractivity contribution is 5.60. The van der Waals surface area contributed by atoms with E-state index in [4.69, 9.17) is 9.78 Å². The van der Waals surface area contributed by atoms with Gasteiger partial charge in [-0.25, -0.2) is 0 Å². The normalized spacial score (nSPS) is 9.71. The Morgan fingerprint density at radius 1 is 1.36 bits per heavy atom. The van der Waals surface area contributed by atoms with Crippen molar-refractivity contribution >= 4 is 0 Å². The van der Waals surface area contributed by atoms with Crippen molar-refractivity contribution in [2.45, 2.75) is 6.92 Å². The molecule has 0 saturated heterocycles. The highest BCUT2D eigenvalue weighted by atomic mass is 16.5. The highest BCUT2D eigenvalue weighted by Crippen LogP contribution is 2.19. The summed E-state index contributed by atoms with van der Waals surface area (Å²) in [6, 6.07) is 11.2. The van der Waals surface area contributed by atoms with Crippen molar-refractivity contribution < 1.29 is 4.52 Å². The van der Waals surface area contributed by atoms with Crippen molar-refractivity contribution in [2.75, 3.05) is 0 Å². The first kappa shape index (κ1) is 8.52. The van der Waals surface area contributed by atoms with Crippen LogP contribution in [0.2, 0.25) is 0 Å². The first-order valence-electron chi connectivity index (χ1n) is 4.23. The predicted molar refractivity (Wildman–Crippen MR) is 51.4 cm³/mol. The summed E-state index contributed by atoms with van der Waals surface area (Å²) in [6.45, 7) is 1.84. The Kier molecular flexibility index (Phi) is 2.04. The van der Waals surface area contributed by atoms with Gasteiger partial charge in [-0.3, -0.25) is 0 Å². The van der Waals surface area contributed by atoms with E-state index in [1.54, 1.807) is 12.1 Å². The van der Waals surface area contributed by atoms with Gasteiger partial charge in [0, 0.05) is 11.6 Å². The minimum Gasteiger partial charge on any atom is -0.361 e. The maximum absolute atomic E-state index is 8.72. The fraction of sp³-hybridized carbons (Fsp3) is 0.0909. The zero-order chi connectivity index (χ0) is 9.97. The van der Waals surface area contributed by atoms with Crippen molar-refractivity contribution in [3.8, 4) is 17.3 Å². The van der Waals surface area contributed by atoms with Gasteiger partial charge in [0.25, 0.3) is 0 Å². The first-order chi connectivity index (χ1) is 6.79. The molecule has 1 aromatic carbocycles. The quantitative estimate of drug-likeness (QED) is 0.684. The maximum Gasteiger partial charge on any atom is 0.134 e. The second kappa shape index (κ2) is 3.35. The second-order valence-corrected chi connectivity index (χ2v) is 3.02. The van der Waals surface area contributed by atoms with Gasteiger partial charge in [-0.2, -0.15) is 5.26 Å². The minimum absolute atomic E-state index is 0.628. The standard InChI is InChI=1S/C11H8N2O/c1-8-5-11(13-14-8)10-4-2-3-9(6-10)7-12/h2-6H,1H3. The molecule has 0 fully saturated rings. The van der Waals surface area contributed by atoms with Crippen LogP contribution in [0.25, 0.3) is 11.3 Å². The van der Waals surface area contributed by atoms with Crippen LogP contribution in [0.4, 0.5) is 0 Å². The van der Waals surface area contributed by atoms with Crippen molar-refractivity contribution in [3.05, 3.63) is 41.7 Å². The molecule has 0 bridgehead atoms. The van der Waals surface area contributed by atoms with Gasteiger partial charge >= 0.3 is 0 Å². The van der Waals surface area contributed by atoms with E-state index in [1.165, 1.54) is 0 Å². The molecule has 14 heavy (non-hydrogen) atoms. The minimum atomic E-state index is 0.628. The predicted octanol–water partition coefficient (Wildman–Crippen LogP) is 2.52. The van der Waals surface area contributed by atoms with Crippen LogP contribution in [0, 0.1) is 18.3 Å². The fourth-order valence-electron chi connectivity index (χ4n) is 1.25. The van der Waals surface area contributed by atoms with E-state index < -0.39 is 0 Å². The Balaban J connectivity index is 2.47. The van der Waals surface area contributed by atoms with E-state index in [0.29, 0.717) is 5.56 Å². The molecule has 0 aliphatic carbocycles. The van der Waals surface area contributed by atoms with E-state index >= 15 is 0 Å². The van der Waals surface area contributed by atoms with Crippen molar-refractivity contribution in [1.82, 2.24) is 5.16 Å². The summed E-state index contributed by atoms with van der Waals surface area (Å²) in [7, 11) is 0. The zero-order valence-corrected chi connectivity index (χ0v) is 7.69. The molecule has 0 spiro atoms. The molecule has 0 saturated carbocycles. The van der Waals surface area contributed by atoms with Gasteiger partial charge in [-0.1, -0.05) is 17.3 Å². The van der Waals surface area contributed by atoms with Crippen LogP contribution in [0.3, 0.4) is 0 Å². The Morgan fingerprint density at radius 3 is 2.86 bits per heavy atom. The molecule has 0 unspecified atom stereocenters. The number of benzene rings is 1. The molecule has 0 aliphatic rings. The van der Waals surface area contributed by atoms with E-state index in [-0.39, 0.29) is 0 Å².